The van der Waals surface area contributed by atoms with Gasteiger partial charge in [0.1, 0.15) is 18.1 Å². The van der Waals surface area contributed by atoms with Gasteiger partial charge in [-0.1, -0.05) is 0 Å². The molecule has 4 atom stereocenters. The maximum Gasteiger partial charge on any atom is 0.326 e. The summed E-state index contributed by atoms with van der Waals surface area (Å²) in [5.41, 5.74) is 10.9. The maximum atomic E-state index is 12.6. The van der Waals surface area contributed by atoms with Gasteiger partial charge >= 0.3 is 5.97 Å². The van der Waals surface area contributed by atoms with Crippen LogP contribution in [0.15, 0.2) is 0 Å². The Morgan fingerprint density at radius 3 is 2.45 bits per heavy atom. The van der Waals surface area contributed by atoms with Crippen LogP contribution in [0.4, 0.5) is 0 Å². The first kappa shape index (κ1) is 24.7. The zero-order chi connectivity index (χ0) is 22.1. The summed E-state index contributed by atoms with van der Waals surface area (Å²) in [5.74, 6) is -3.17. The summed E-state index contributed by atoms with van der Waals surface area (Å²) in [6.45, 7) is 1.78. The Kier molecular flexibility index (Phi) is 9.89. The lowest BCUT2D eigenvalue weighted by Crippen LogP contribution is -2.56. The van der Waals surface area contributed by atoms with Gasteiger partial charge in [-0.2, -0.15) is 11.8 Å². The molecule has 4 amide bonds. The minimum absolute atomic E-state index is 0.304. The number of nitrogens with one attached hydrogen (secondary N) is 2. The molecular formula is C17H29N5O6S. The average molecular weight is 432 g/mol. The number of carbonyl (C=O) groups excluding carboxylic acids is 4. The van der Waals surface area contributed by atoms with Crippen molar-refractivity contribution in [1.82, 2.24) is 15.5 Å². The van der Waals surface area contributed by atoms with Crippen LogP contribution in [-0.2, 0) is 24.0 Å². The fraction of sp³-hybridized carbons (Fsp3) is 0.706. The quantitative estimate of drug-likeness (QED) is 0.249. The molecular weight excluding hydrogens is 402 g/mol. The van der Waals surface area contributed by atoms with Gasteiger partial charge in [0, 0.05) is 6.54 Å². The highest BCUT2D eigenvalue weighted by Crippen LogP contribution is 2.19. The highest BCUT2D eigenvalue weighted by atomic mass is 32.2. The number of rotatable bonds is 11. The number of thioether (sulfide) groups is 1. The van der Waals surface area contributed by atoms with Crippen LogP contribution in [0.5, 0.6) is 0 Å². The second-order valence-corrected chi connectivity index (χ2v) is 7.86. The molecule has 1 aliphatic heterocycles. The summed E-state index contributed by atoms with van der Waals surface area (Å²) in [6, 6.07) is -3.99. The van der Waals surface area contributed by atoms with E-state index in [1.807, 2.05) is 6.26 Å². The first-order valence-electron chi connectivity index (χ1n) is 9.25. The molecule has 0 aliphatic carbocycles. The molecule has 0 aromatic rings. The Balaban J connectivity index is 2.68. The van der Waals surface area contributed by atoms with Crippen molar-refractivity contribution in [2.24, 2.45) is 11.5 Å². The minimum Gasteiger partial charge on any atom is -0.480 e. The maximum absolute atomic E-state index is 12.6. The number of primary amides is 1. The van der Waals surface area contributed by atoms with Crippen molar-refractivity contribution >= 4 is 41.4 Å². The van der Waals surface area contributed by atoms with Crippen molar-refractivity contribution in [3.8, 4) is 0 Å². The number of hydrogen-bond acceptors (Lipinski definition) is 7. The van der Waals surface area contributed by atoms with Crippen molar-refractivity contribution in [3.05, 3.63) is 0 Å². The molecule has 0 aromatic carbocycles. The van der Waals surface area contributed by atoms with Crippen molar-refractivity contribution in [2.75, 3.05) is 18.6 Å². The van der Waals surface area contributed by atoms with Gasteiger partial charge in [-0.25, -0.2) is 4.79 Å². The predicted molar refractivity (Wildman–Crippen MR) is 107 cm³/mol. The van der Waals surface area contributed by atoms with Crippen LogP contribution in [0.25, 0.3) is 0 Å². The van der Waals surface area contributed by atoms with E-state index in [0.29, 0.717) is 25.8 Å². The van der Waals surface area contributed by atoms with Crippen LogP contribution in [0.2, 0.25) is 0 Å². The molecule has 0 aromatic heterocycles. The molecule has 0 radical (unpaired) electrons. The van der Waals surface area contributed by atoms with Crippen LogP contribution in [-0.4, -0.2) is 82.3 Å². The summed E-state index contributed by atoms with van der Waals surface area (Å²) < 4.78 is 0. The molecule has 1 saturated heterocycles. The fourth-order valence-corrected chi connectivity index (χ4v) is 3.45. The second kappa shape index (κ2) is 11.6. The molecule has 12 heteroatoms. The van der Waals surface area contributed by atoms with E-state index in [4.69, 9.17) is 16.6 Å². The molecule has 0 saturated carbocycles. The Bertz CT molecular complexity index is 646. The van der Waals surface area contributed by atoms with E-state index in [1.165, 1.54) is 11.8 Å². The third kappa shape index (κ3) is 7.54. The zero-order valence-corrected chi connectivity index (χ0v) is 17.4. The normalized spacial score (nSPS) is 19.1. The standard InChI is InChI=1S/C17H29N5O6S/c1-9(14(24)21-11(17(27)28)8-13(19)23)20-15(25)12-4-3-6-22(12)16(26)10(18)5-7-29-2/h9-12H,3-8,18H2,1-2H3,(H2,19,23)(H,20,25)(H,21,24)(H,27,28). The number of likely N-dealkylation sites (tertiary alicyclic amines) is 1. The summed E-state index contributed by atoms with van der Waals surface area (Å²) in [6.07, 6.45) is 2.93. The number of amides is 4. The van der Waals surface area contributed by atoms with E-state index < -0.39 is 54.3 Å². The molecule has 1 heterocycles. The van der Waals surface area contributed by atoms with E-state index in [1.54, 1.807) is 11.8 Å². The summed E-state index contributed by atoms with van der Waals surface area (Å²) >= 11 is 1.57. The van der Waals surface area contributed by atoms with Crippen LogP contribution in [0, 0.1) is 0 Å². The van der Waals surface area contributed by atoms with Gasteiger partial charge in [0.2, 0.25) is 23.6 Å². The van der Waals surface area contributed by atoms with Gasteiger partial charge in [0.05, 0.1) is 12.5 Å². The highest BCUT2D eigenvalue weighted by molar-refractivity contribution is 7.98. The molecule has 4 unspecified atom stereocenters. The predicted octanol–water partition coefficient (Wildman–Crippen LogP) is -1.99. The Hall–Kier alpha value is -2.34. The first-order valence-corrected chi connectivity index (χ1v) is 10.6. The summed E-state index contributed by atoms with van der Waals surface area (Å²) in [5, 5.41) is 13.7. The van der Waals surface area contributed by atoms with E-state index >= 15 is 0 Å². The second-order valence-electron chi connectivity index (χ2n) is 6.88. The van der Waals surface area contributed by atoms with Crippen molar-refractivity contribution in [1.29, 1.82) is 0 Å². The van der Waals surface area contributed by atoms with Gasteiger partial charge in [0.25, 0.3) is 0 Å². The molecule has 1 fully saturated rings. The van der Waals surface area contributed by atoms with Crippen molar-refractivity contribution in [2.45, 2.75) is 56.8 Å². The molecule has 11 nitrogen and oxygen atoms in total. The van der Waals surface area contributed by atoms with Crippen molar-refractivity contribution in [3.63, 3.8) is 0 Å². The Morgan fingerprint density at radius 2 is 1.90 bits per heavy atom. The van der Waals surface area contributed by atoms with Gasteiger partial charge in [0.15, 0.2) is 0 Å². The van der Waals surface area contributed by atoms with E-state index in [2.05, 4.69) is 10.6 Å². The highest BCUT2D eigenvalue weighted by Gasteiger charge is 2.37. The molecule has 1 rings (SSSR count). The Morgan fingerprint density at radius 1 is 1.24 bits per heavy atom. The van der Waals surface area contributed by atoms with E-state index in [-0.39, 0.29) is 5.91 Å². The number of nitrogens with two attached hydrogens (primary N) is 2. The third-order valence-corrected chi connectivity index (χ3v) is 5.20. The number of carboxylic acids is 1. The number of nitrogens with zero attached hydrogens (tertiary/aromatic N) is 1. The molecule has 29 heavy (non-hydrogen) atoms. The number of carboxylic acid groups (broad SMARTS) is 1. The van der Waals surface area contributed by atoms with E-state index in [0.717, 1.165) is 5.75 Å². The third-order valence-electron chi connectivity index (χ3n) is 4.56. The van der Waals surface area contributed by atoms with Gasteiger partial charge in [-0.05, 0) is 38.2 Å². The van der Waals surface area contributed by atoms with Crippen molar-refractivity contribution < 1.29 is 29.1 Å². The largest absolute Gasteiger partial charge is 0.480 e. The van der Waals surface area contributed by atoms with Gasteiger partial charge in [-0.3, -0.25) is 19.2 Å². The summed E-state index contributed by atoms with van der Waals surface area (Å²) in [4.78, 5) is 60.8. The molecule has 7 N–H and O–H groups in total. The van der Waals surface area contributed by atoms with Gasteiger partial charge < -0.3 is 32.1 Å². The monoisotopic (exact) mass is 431 g/mol. The topological polar surface area (TPSA) is 185 Å². The number of carbonyl (C=O) groups is 5. The van der Waals surface area contributed by atoms with Crippen LogP contribution >= 0.6 is 11.8 Å². The fourth-order valence-electron chi connectivity index (χ4n) is 2.96. The lowest BCUT2D eigenvalue weighted by molar-refractivity contribution is -0.144. The Labute approximate surface area is 173 Å². The number of aliphatic carboxylic acids is 1. The smallest absolute Gasteiger partial charge is 0.326 e. The first-order chi connectivity index (χ1) is 13.6. The van der Waals surface area contributed by atoms with Crippen LogP contribution < -0.4 is 22.1 Å². The van der Waals surface area contributed by atoms with E-state index in [9.17, 15) is 24.0 Å². The molecule has 0 bridgehead atoms. The van der Waals surface area contributed by atoms with Crippen LogP contribution in [0.1, 0.15) is 32.6 Å². The lowest BCUT2D eigenvalue weighted by Gasteiger charge is -2.27. The average Bonchev–Trinajstić information content (AvgIpc) is 3.14. The SMILES string of the molecule is CSCCC(N)C(=O)N1CCCC1C(=O)NC(C)C(=O)NC(CC(N)=O)C(=O)O. The zero-order valence-electron chi connectivity index (χ0n) is 16.6. The molecule has 0 spiro atoms. The van der Waals surface area contributed by atoms with Gasteiger partial charge in [-0.15, -0.1) is 0 Å². The number of hydrogen-bond donors (Lipinski definition) is 5. The van der Waals surface area contributed by atoms with Crippen LogP contribution in [0.3, 0.4) is 0 Å². The molecule has 164 valence electrons. The molecule has 1 aliphatic rings. The lowest BCUT2D eigenvalue weighted by atomic mass is 10.1. The summed E-state index contributed by atoms with van der Waals surface area (Å²) in [7, 11) is 0. The minimum atomic E-state index is -1.49.